The van der Waals surface area contributed by atoms with Gasteiger partial charge >= 0.3 is 0 Å². The number of pyridine rings is 2. The topological polar surface area (TPSA) is 46.0 Å². The van der Waals surface area contributed by atoms with Crippen molar-refractivity contribution in [2.45, 2.75) is 39.4 Å². The van der Waals surface area contributed by atoms with Crippen LogP contribution in [0.1, 0.15) is 45.9 Å². The van der Waals surface area contributed by atoms with Crippen molar-refractivity contribution in [1.29, 1.82) is 0 Å². The number of hydrogen-bond acceptors (Lipinski definition) is 3. The van der Waals surface area contributed by atoms with Crippen molar-refractivity contribution in [3.8, 4) is 5.69 Å². The van der Waals surface area contributed by atoms with E-state index in [2.05, 4.69) is 88.0 Å². The predicted octanol–water partition coefficient (Wildman–Crippen LogP) is 5.37. The van der Waals surface area contributed by atoms with Gasteiger partial charge in [-0.2, -0.15) is 0 Å². The van der Waals surface area contributed by atoms with Gasteiger partial charge in [-0.1, -0.05) is 30.3 Å². The lowest BCUT2D eigenvalue weighted by Crippen LogP contribution is -2.29. The van der Waals surface area contributed by atoms with Crippen molar-refractivity contribution in [2.24, 2.45) is 0 Å². The number of hydrogen-bond donors (Lipinski definition) is 1. The average Bonchev–Trinajstić information content (AvgIpc) is 3.30. The summed E-state index contributed by atoms with van der Waals surface area (Å²) in [5.41, 5.74) is 8.24. The lowest BCUT2D eigenvalue weighted by atomic mass is 9.96. The molecule has 0 aliphatic carbocycles. The number of benzene rings is 1. The quantitative estimate of drug-likeness (QED) is 0.412. The Labute approximate surface area is 200 Å². The van der Waals surface area contributed by atoms with Gasteiger partial charge in [0.25, 0.3) is 0 Å². The van der Waals surface area contributed by atoms with Crippen LogP contribution in [0.2, 0.25) is 0 Å². The van der Waals surface area contributed by atoms with Gasteiger partial charge in [0.05, 0.1) is 17.8 Å². The Morgan fingerprint density at radius 2 is 1.79 bits per heavy atom. The van der Waals surface area contributed by atoms with Crippen molar-refractivity contribution in [2.75, 3.05) is 0 Å². The van der Waals surface area contributed by atoms with Crippen LogP contribution in [0.4, 0.5) is 0 Å². The first-order valence-corrected chi connectivity index (χ1v) is 11.6. The van der Waals surface area contributed by atoms with Crippen LogP contribution < -0.4 is 5.32 Å². The normalized spacial score (nSPS) is 17.9. The molecule has 2 unspecified atom stereocenters. The van der Waals surface area contributed by atoms with Gasteiger partial charge in [-0.25, -0.2) is 0 Å². The maximum atomic E-state index is 5.85. The minimum Gasteiger partial charge on any atom is -0.352 e. The molecule has 6 heteroatoms. The molecule has 33 heavy (non-hydrogen) atoms. The summed E-state index contributed by atoms with van der Waals surface area (Å²) in [5, 5.41) is 4.30. The second-order valence-corrected chi connectivity index (χ2v) is 8.95. The van der Waals surface area contributed by atoms with Crippen LogP contribution in [0, 0.1) is 20.8 Å². The lowest BCUT2D eigenvalue weighted by molar-refractivity contribution is 0.310. The molecule has 4 heterocycles. The van der Waals surface area contributed by atoms with Crippen LogP contribution in [0.5, 0.6) is 0 Å². The fraction of sp³-hybridized carbons (Fsp3) is 0.222. The Morgan fingerprint density at radius 3 is 2.52 bits per heavy atom. The summed E-state index contributed by atoms with van der Waals surface area (Å²) in [6.45, 7) is 7.21. The van der Waals surface area contributed by atoms with Gasteiger partial charge in [-0.05, 0) is 80.0 Å². The van der Waals surface area contributed by atoms with Crippen LogP contribution in [0.15, 0.2) is 79.3 Å². The van der Waals surface area contributed by atoms with E-state index in [4.69, 9.17) is 12.2 Å². The van der Waals surface area contributed by atoms with E-state index >= 15 is 0 Å². The highest BCUT2D eigenvalue weighted by molar-refractivity contribution is 7.80. The highest BCUT2D eigenvalue weighted by atomic mass is 32.1. The third-order valence-corrected chi connectivity index (χ3v) is 6.77. The van der Waals surface area contributed by atoms with E-state index in [1.54, 1.807) is 6.20 Å². The van der Waals surface area contributed by atoms with Gasteiger partial charge in [0, 0.05) is 42.2 Å². The Bertz CT molecular complexity index is 1280. The molecule has 0 spiro atoms. The summed E-state index contributed by atoms with van der Waals surface area (Å²) in [7, 11) is 0. The number of aromatic nitrogens is 3. The number of thiocarbonyl (C=S) groups is 1. The molecule has 0 saturated carbocycles. The summed E-state index contributed by atoms with van der Waals surface area (Å²) in [5.74, 6) is 0. The van der Waals surface area contributed by atoms with Crippen LogP contribution in [-0.4, -0.2) is 24.5 Å². The zero-order valence-corrected chi connectivity index (χ0v) is 19.9. The minimum atomic E-state index is -0.0406. The van der Waals surface area contributed by atoms with E-state index in [1.165, 1.54) is 28.2 Å². The van der Waals surface area contributed by atoms with Crippen molar-refractivity contribution in [1.82, 2.24) is 24.8 Å². The third kappa shape index (κ3) is 3.91. The van der Waals surface area contributed by atoms with E-state index < -0.39 is 0 Å². The number of nitrogens with zero attached hydrogens (tertiary/aromatic N) is 4. The molecule has 5 rings (SSSR count). The molecule has 166 valence electrons. The highest BCUT2D eigenvalue weighted by Crippen LogP contribution is 2.42. The van der Waals surface area contributed by atoms with Gasteiger partial charge in [0.1, 0.15) is 0 Å². The fourth-order valence-corrected chi connectivity index (χ4v) is 5.18. The number of rotatable bonds is 5. The molecule has 0 amide bonds. The number of para-hydroxylation sites is 1. The molecule has 0 bridgehead atoms. The Kier molecular flexibility index (Phi) is 5.68. The van der Waals surface area contributed by atoms with Crippen molar-refractivity contribution in [3.05, 3.63) is 113 Å². The van der Waals surface area contributed by atoms with Crippen LogP contribution in [-0.2, 0) is 6.54 Å². The van der Waals surface area contributed by atoms with Gasteiger partial charge in [-0.15, -0.1) is 0 Å². The van der Waals surface area contributed by atoms with Crippen molar-refractivity contribution < 1.29 is 0 Å². The van der Waals surface area contributed by atoms with Crippen LogP contribution in [0.25, 0.3) is 5.69 Å². The van der Waals surface area contributed by atoms with E-state index in [1.807, 2.05) is 30.6 Å². The standard InChI is InChI=1S/C27H27N5S/c1-18-9-4-5-12-24(18)32-19(2)15-22(20(32)3)26-25(23-11-6-7-14-29-23)30-27(33)31(26)17-21-10-8-13-28-16-21/h4-16,25-26H,17H2,1-3H3,(H,30,33). The molecular formula is C27H27N5S. The first kappa shape index (κ1) is 21.3. The summed E-state index contributed by atoms with van der Waals surface area (Å²) < 4.78 is 2.35. The molecule has 2 atom stereocenters. The molecule has 5 nitrogen and oxygen atoms in total. The Hall–Kier alpha value is -3.51. The maximum absolute atomic E-state index is 5.85. The molecule has 1 aliphatic rings. The van der Waals surface area contributed by atoms with Gasteiger partial charge in [-0.3, -0.25) is 9.97 Å². The highest BCUT2D eigenvalue weighted by Gasteiger charge is 2.41. The number of nitrogens with one attached hydrogen (secondary N) is 1. The summed E-state index contributed by atoms with van der Waals surface area (Å²) in [6, 6.07) is 20.9. The number of aryl methyl sites for hydroxylation is 2. The Balaban J connectivity index is 1.63. The first-order valence-electron chi connectivity index (χ1n) is 11.2. The fourth-order valence-electron chi connectivity index (χ4n) is 4.87. The molecule has 1 saturated heterocycles. The third-order valence-electron chi connectivity index (χ3n) is 6.42. The zero-order valence-electron chi connectivity index (χ0n) is 19.1. The SMILES string of the molecule is Cc1ccccc1-n1c(C)cc(C2C(c3ccccn3)NC(=S)N2Cc2cccnc2)c1C. The molecule has 1 aromatic carbocycles. The predicted molar refractivity (Wildman–Crippen MR) is 135 cm³/mol. The minimum absolute atomic E-state index is 0.0107. The second kappa shape index (κ2) is 8.79. The first-order chi connectivity index (χ1) is 16.0. The summed E-state index contributed by atoms with van der Waals surface area (Å²) in [4.78, 5) is 11.3. The molecule has 1 N–H and O–H groups in total. The smallest absolute Gasteiger partial charge is 0.170 e. The average molecular weight is 454 g/mol. The van der Waals surface area contributed by atoms with E-state index in [9.17, 15) is 0 Å². The lowest BCUT2D eigenvalue weighted by Gasteiger charge is -2.28. The van der Waals surface area contributed by atoms with E-state index in [0.29, 0.717) is 6.54 Å². The second-order valence-electron chi connectivity index (χ2n) is 8.56. The maximum Gasteiger partial charge on any atom is 0.170 e. The molecule has 3 aromatic heterocycles. The van der Waals surface area contributed by atoms with Crippen LogP contribution in [0.3, 0.4) is 0 Å². The molecule has 1 fully saturated rings. The zero-order chi connectivity index (χ0) is 22.9. The summed E-state index contributed by atoms with van der Waals surface area (Å²) in [6.07, 6.45) is 5.55. The van der Waals surface area contributed by atoms with Crippen LogP contribution >= 0.6 is 12.2 Å². The van der Waals surface area contributed by atoms with Crippen molar-refractivity contribution in [3.63, 3.8) is 0 Å². The molecule has 1 aliphatic heterocycles. The largest absolute Gasteiger partial charge is 0.352 e. The molecule has 4 aromatic rings. The van der Waals surface area contributed by atoms with Gasteiger partial charge in [0.2, 0.25) is 0 Å². The molecular weight excluding hydrogens is 426 g/mol. The van der Waals surface area contributed by atoms with E-state index in [0.717, 1.165) is 16.4 Å². The summed E-state index contributed by atoms with van der Waals surface area (Å²) >= 11 is 5.85. The van der Waals surface area contributed by atoms with E-state index in [-0.39, 0.29) is 12.1 Å². The molecule has 0 radical (unpaired) electrons. The van der Waals surface area contributed by atoms with Gasteiger partial charge < -0.3 is 14.8 Å². The monoisotopic (exact) mass is 453 g/mol. The van der Waals surface area contributed by atoms with Gasteiger partial charge in [0.15, 0.2) is 5.11 Å². The Morgan fingerprint density at radius 1 is 0.970 bits per heavy atom. The van der Waals surface area contributed by atoms with Crippen molar-refractivity contribution >= 4 is 17.3 Å².